The summed E-state index contributed by atoms with van der Waals surface area (Å²) in [6.45, 7) is 0. The molecule has 0 saturated carbocycles. The Morgan fingerprint density at radius 1 is 0.700 bits per heavy atom. The van der Waals surface area contributed by atoms with Crippen molar-refractivity contribution in [2.45, 2.75) is 0 Å². The molecule has 8 nitrogen and oxygen atoms in total. The van der Waals surface area contributed by atoms with Gasteiger partial charge in [0, 0.05) is 35.9 Å². The van der Waals surface area contributed by atoms with Crippen molar-refractivity contribution in [3.8, 4) is 34.0 Å². The minimum Gasteiger partial charge on any atom is -0.335 e. The number of fused-ring (bicyclic) bond motifs is 2. The average Bonchev–Trinajstić information content (AvgIpc) is 3.43. The molecule has 2 N–H and O–H groups in total. The maximum Gasteiger partial charge on any atom is 0.161 e. The first kappa shape index (κ1) is 16.5. The molecule has 0 atom stereocenters. The predicted molar refractivity (Wildman–Crippen MR) is 113 cm³/mol. The van der Waals surface area contributed by atoms with E-state index in [0.717, 1.165) is 44.6 Å². The van der Waals surface area contributed by atoms with Crippen LogP contribution in [0.4, 0.5) is 0 Å². The van der Waals surface area contributed by atoms with Gasteiger partial charge >= 0.3 is 0 Å². The Kier molecular flexibility index (Phi) is 3.60. The fourth-order valence-corrected chi connectivity index (χ4v) is 3.50. The van der Waals surface area contributed by atoms with Gasteiger partial charge in [0.25, 0.3) is 0 Å². The molecule has 0 spiro atoms. The van der Waals surface area contributed by atoms with E-state index in [1.54, 1.807) is 31.0 Å². The Hall–Kier alpha value is -4.46. The predicted octanol–water partition coefficient (Wildman–Crippen LogP) is 4.02. The van der Waals surface area contributed by atoms with Gasteiger partial charge in [0.15, 0.2) is 11.5 Å². The Morgan fingerprint density at radius 2 is 1.70 bits per heavy atom. The van der Waals surface area contributed by atoms with Crippen LogP contribution >= 0.6 is 0 Å². The first-order chi connectivity index (χ1) is 14.9. The number of nitrogens with zero attached hydrogens (tertiary/aromatic N) is 6. The van der Waals surface area contributed by atoms with Crippen LogP contribution in [0, 0.1) is 0 Å². The van der Waals surface area contributed by atoms with Crippen molar-refractivity contribution >= 4 is 22.1 Å². The fourth-order valence-electron chi connectivity index (χ4n) is 3.50. The molecule has 0 radical (unpaired) electrons. The molecule has 0 fully saturated rings. The molecular weight excluding hydrogens is 376 g/mol. The quantitative estimate of drug-likeness (QED) is 0.472. The molecule has 8 heteroatoms. The van der Waals surface area contributed by atoms with Gasteiger partial charge in [0.2, 0.25) is 0 Å². The third-order valence-electron chi connectivity index (χ3n) is 4.93. The first-order valence-electron chi connectivity index (χ1n) is 9.38. The van der Waals surface area contributed by atoms with Crippen LogP contribution in [-0.2, 0) is 0 Å². The molecule has 0 bridgehead atoms. The van der Waals surface area contributed by atoms with Crippen LogP contribution in [-0.4, -0.2) is 40.1 Å². The molecule has 0 amide bonds. The molecule has 0 unspecified atom stereocenters. The second kappa shape index (κ2) is 6.56. The van der Waals surface area contributed by atoms with E-state index in [0.29, 0.717) is 11.5 Å². The van der Waals surface area contributed by atoms with Crippen molar-refractivity contribution in [1.29, 1.82) is 0 Å². The SMILES string of the molecule is c1ccc(-c2ccc3[nH]nc(-c4nc5c(-c6cccnc6)cncc5[nH]4)c3n2)nc1. The fraction of sp³-hybridized carbons (Fsp3) is 0. The van der Waals surface area contributed by atoms with E-state index in [4.69, 9.17) is 9.97 Å². The Balaban J connectivity index is 1.52. The summed E-state index contributed by atoms with van der Waals surface area (Å²) in [5.74, 6) is 0.625. The summed E-state index contributed by atoms with van der Waals surface area (Å²) in [6.07, 6.45) is 8.85. The lowest BCUT2D eigenvalue weighted by molar-refractivity contribution is 1.10. The number of aromatic nitrogens is 8. The van der Waals surface area contributed by atoms with Crippen LogP contribution in [0.1, 0.15) is 0 Å². The second-order valence-corrected chi connectivity index (χ2v) is 6.79. The van der Waals surface area contributed by atoms with E-state index in [-0.39, 0.29) is 0 Å². The summed E-state index contributed by atoms with van der Waals surface area (Å²) in [5.41, 5.74) is 7.29. The van der Waals surface area contributed by atoms with Crippen LogP contribution in [0.3, 0.4) is 0 Å². The summed E-state index contributed by atoms with van der Waals surface area (Å²) in [7, 11) is 0. The summed E-state index contributed by atoms with van der Waals surface area (Å²) in [5, 5.41) is 7.50. The molecule has 142 valence electrons. The van der Waals surface area contributed by atoms with Crippen LogP contribution in [0.25, 0.3) is 56.1 Å². The molecule has 0 aliphatic heterocycles. The molecule has 0 aliphatic rings. The first-order valence-corrected chi connectivity index (χ1v) is 9.38. The molecule has 6 heterocycles. The highest BCUT2D eigenvalue weighted by molar-refractivity contribution is 5.95. The summed E-state index contributed by atoms with van der Waals surface area (Å²) < 4.78 is 0. The maximum absolute atomic E-state index is 4.82. The van der Waals surface area contributed by atoms with Crippen LogP contribution in [0.2, 0.25) is 0 Å². The average molecular weight is 390 g/mol. The van der Waals surface area contributed by atoms with Gasteiger partial charge in [-0.3, -0.25) is 20.1 Å². The van der Waals surface area contributed by atoms with Crippen molar-refractivity contribution in [3.63, 3.8) is 0 Å². The van der Waals surface area contributed by atoms with Crippen LogP contribution in [0.15, 0.2) is 73.4 Å². The molecular formula is C22H14N8. The van der Waals surface area contributed by atoms with Crippen LogP contribution in [0.5, 0.6) is 0 Å². The standard InChI is InChI=1S/C22H14N8/c1-2-9-25-15(5-1)16-6-7-17-20(26-16)21(30-29-17)22-27-18-12-24-11-14(19(18)28-22)13-4-3-8-23-10-13/h1-12H,(H,27,28)(H,29,30). The number of H-pyrrole nitrogens is 2. The lowest BCUT2D eigenvalue weighted by Gasteiger charge is -2.00. The van der Waals surface area contributed by atoms with Crippen molar-refractivity contribution in [1.82, 2.24) is 40.1 Å². The minimum absolute atomic E-state index is 0.625. The number of hydrogen-bond acceptors (Lipinski definition) is 6. The van der Waals surface area contributed by atoms with E-state index >= 15 is 0 Å². The van der Waals surface area contributed by atoms with Gasteiger partial charge in [-0.25, -0.2) is 9.97 Å². The largest absolute Gasteiger partial charge is 0.335 e. The van der Waals surface area contributed by atoms with Gasteiger partial charge in [0.1, 0.15) is 11.0 Å². The smallest absolute Gasteiger partial charge is 0.161 e. The third kappa shape index (κ3) is 2.62. The zero-order chi connectivity index (χ0) is 19.9. The highest BCUT2D eigenvalue weighted by Gasteiger charge is 2.17. The summed E-state index contributed by atoms with van der Waals surface area (Å²) >= 11 is 0. The molecule has 6 aromatic heterocycles. The lowest BCUT2D eigenvalue weighted by atomic mass is 10.1. The molecule has 6 rings (SSSR count). The van der Waals surface area contributed by atoms with E-state index in [1.807, 2.05) is 42.5 Å². The monoisotopic (exact) mass is 390 g/mol. The lowest BCUT2D eigenvalue weighted by Crippen LogP contribution is -1.88. The zero-order valence-corrected chi connectivity index (χ0v) is 15.6. The van der Waals surface area contributed by atoms with E-state index in [2.05, 4.69) is 30.1 Å². The summed E-state index contributed by atoms with van der Waals surface area (Å²) in [4.78, 5) is 25.9. The molecule has 30 heavy (non-hydrogen) atoms. The van der Waals surface area contributed by atoms with Crippen molar-refractivity contribution in [2.24, 2.45) is 0 Å². The van der Waals surface area contributed by atoms with Gasteiger partial charge < -0.3 is 4.98 Å². The van der Waals surface area contributed by atoms with Crippen LogP contribution < -0.4 is 0 Å². The Morgan fingerprint density at radius 3 is 2.57 bits per heavy atom. The Labute approximate surface area is 170 Å². The topological polar surface area (TPSA) is 109 Å². The molecule has 0 aliphatic carbocycles. The van der Waals surface area contributed by atoms with E-state index < -0.39 is 0 Å². The zero-order valence-electron chi connectivity index (χ0n) is 15.6. The van der Waals surface area contributed by atoms with E-state index in [9.17, 15) is 0 Å². The van der Waals surface area contributed by atoms with E-state index in [1.165, 1.54) is 0 Å². The number of aromatic amines is 2. The summed E-state index contributed by atoms with van der Waals surface area (Å²) in [6, 6.07) is 13.5. The highest BCUT2D eigenvalue weighted by Crippen LogP contribution is 2.30. The number of hydrogen-bond donors (Lipinski definition) is 2. The van der Waals surface area contributed by atoms with Gasteiger partial charge in [-0.2, -0.15) is 5.10 Å². The van der Waals surface area contributed by atoms with Gasteiger partial charge in [-0.05, 0) is 30.3 Å². The normalized spacial score (nSPS) is 11.3. The van der Waals surface area contributed by atoms with Gasteiger partial charge in [-0.1, -0.05) is 12.1 Å². The van der Waals surface area contributed by atoms with Gasteiger partial charge in [-0.15, -0.1) is 0 Å². The highest BCUT2D eigenvalue weighted by atomic mass is 15.2. The minimum atomic E-state index is 0.625. The number of nitrogens with one attached hydrogen (secondary N) is 2. The second-order valence-electron chi connectivity index (χ2n) is 6.79. The van der Waals surface area contributed by atoms with Crippen molar-refractivity contribution < 1.29 is 0 Å². The number of pyridine rings is 4. The number of rotatable bonds is 3. The van der Waals surface area contributed by atoms with Crippen molar-refractivity contribution in [2.75, 3.05) is 0 Å². The molecule has 0 saturated heterocycles. The third-order valence-corrected chi connectivity index (χ3v) is 4.93. The maximum atomic E-state index is 4.82. The molecule has 6 aromatic rings. The number of imidazole rings is 1. The van der Waals surface area contributed by atoms with Gasteiger partial charge in [0.05, 0.1) is 28.6 Å². The van der Waals surface area contributed by atoms with Crippen molar-refractivity contribution in [3.05, 3.63) is 73.4 Å². The molecule has 0 aromatic carbocycles. The Bertz CT molecular complexity index is 1490.